The van der Waals surface area contributed by atoms with Crippen LogP contribution in [0.15, 0.2) is 66.2 Å². The summed E-state index contributed by atoms with van der Waals surface area (Å²) in [7, 11) is 0. The van der Waals surface area contributed by atoms with Crippen LogP contribution < -0.4 is 5.32 Å². The molecule has 0 aliphatic heterocycles. The normalized spacial score (nSPS) is 12.4. The zero-order valence-electron chi connectivity index (χ0n) is 12.8. The molecule has 0 amide bonds. The van der Waals surface area contributed by atoms with Crippen LogP contribution in [0.2, 0.25) is 0 Å². The number of hydrogen-bond acceptors (Lipinski definition) is 3. The summed E-state index contributed by atoms with van der Waals surface area (Å²) in [5.41, 5.74) is 4.86. The van der Waals surface area contributed by atoms with Gasteiger partial charge in [0.2, 0.25) is 0 Å². The minimum atomic E-state index is 0.0681. The topological polar surface area (TPSA) is 40.7 Å². The molecule has 0 bridgehead atoms. The molecule has 0 spiro atoms. The lowest BCUT2D eigenvalue weighted by molar-refractivity contribution is 0.929. The van der Waals surface area contributed by atoms with Gasteiger partial charge in [0, 0.05) is 33.7 Å². The van der Waals surface area contributed by atoms with Crippen LogP contribution in [0.25, 0.3) is 10.9 Å². The maximum atomic E-state index is 4.40. The molecule has 0 saturated carbocycles. The quantitative estimate of drug-likeness (QED) is 0.547. The van der Waals surface area contributed by atoms with Gasteiger partial charge in [-0.3, -0.25) is 0 Å². The highest BCUT2D eigenvalue weighted by Crippen LogP contribution is 2.34. The molecule has 0 aliphatic carbocycles. The first-order valence-corrected chi connectivity index (χ1v) is 8.49. The summed E-state index contributed by atoms with van der Waals surface area (Å²) in [5, 5.41) is 7.78. The van der Waals surface area contributed by atoms with E-state index < -0.39 is 0 Å². The van der Waals surface area contributed by atoms with Gasteiger partial charge in [0.15, 0.2) is 5.13 Å². The lowest BCUT2D eigenvalue weighted by Crippen LogP contribution is -2.13. The van der Waals surface area contributed by atoms with Crippen molar-refractivity contribution in [3.8, 4) is 0 Å². The molecule has 2 N–H and O–H groups in total. The van der Waals surface area contributed by atoms with Crippen LogP contribution >= 0.6 is 11.3 Å². The molecule has 3 nitrogen and oxygen atoms in total. The number of anilines is 1. The molecule has 2 aromatic heterocycles. The fraction of sp³-hybridized carbons (Fsp3) is 0.105. The number of benzene rings is 2. The Bertz CT molecular complexity index is 910. The lowest BCUT2D eigenvalue weighted by atomic mass is 9.96. The Kier molecular flexibility index (Phi) is 3.60. The van der Waals surface area contributed by atoms with Crippen molar-refractivity contribution in [1.29, 1.82) is 0 Å². The summed E-state index contributed by atoms with van der Waals surface area (Å²) in [4.78, 5) is 7.90. The average Bonchev–Trinajstić information content (AvgIpc) is 3.20. The molecule has 1 atom stereocenters. The summed E-state index contributed by atoms with van der Waals surface area (Å²) in [6, 6.07) is 19.0. The second kappa shape index (κ2) is 5.89. The van der Waals surface area contributed by atoms with E-state index in [2.05, 4.69) is 70.7 Å². The predicted molar refractivity (Wildman–Crippen MR) is 97.1 cm³/mol. The van der Waals surface area contributed by atoms with E-state index in [0.717, 1.165) is 5.13 Å². The SMILES string of the molecule is Cc1[nH]c2ccccc2c1C(Nc1nccs1)c1ccccc1. The molecule has 2 aromatic carbocycles. The third kappa shape index (κ3) is 2.62. The maximum Gasteiger partial charge on any atom is 0.183 e. The van der Waals surface area contributed by atoms with E-state index in [1.807, 2.05) is 17.6 Å². The van der Waals surface area contributed by atoms with Crippen molar-refractivity contribution >= 4 is 27.4 Å². The van der Waals surface area contributed by atoms with Gasteiger partial charge in [-0.1, -0.05) is 48.5 Å². The van der Waals surface area contributed by atoms with E-state index in [9.17, 15) is 0 Å². The van der Waals surface area contributed by atoms with E-state index in [0.29, 0.717) is 0 Å². The van der Waals surface area contributed by atoms with Crippen molar-refractivity contribution in [3.63, 3.8) is 0 Å². The van der Waals surface area contributed by atoms with E-state index >= 15 is 0 Å². The van der Waals surface area contributed by atoms with Gasteiger partial charge in [-0.2, -0.15) is 0 Å². The van der Waals surface area contributed by atoms with E-state index in [1.54, 1.807) is 11.3 Å². The smallest absolute Gasteiger partial charge is 0.183 e. The minimum Gasteiger partial charge on any atom is -0.358 e. The van der Waals surface area contributed by atoms with Gasteiger partial charge >= 0.3 is 0 Å². The van der Waals surface area contributed by atoms with Crippen LogP contribution in [-0.2, 0) is 0 Å². The molecule has 0 radical (unpaired) electrons. The average molecular weight is 319 g/mol. The Morgan fingerprint density at radius 1 is 1.04 bits per heavy atom. The molecular formula is C19H17N3S. The van der Waals surface area contributed by atoms with Gasteiger partial charge in [0.05, 0.1) is 6.04 Å². The van der Waals surface area contributed by atoms with Crippen molar-refractivity contribution < 1.29 is 0 Å². The molecule has 23 heavy (non-hydrogen) atoms. The van der Waals surface area contributed by atoms with Crippen LogP contribution in [0.1, 0.15) is 22.9 Å². The highest BCUT2D eigenvalue weighted by atomic mass is 32.1. The third-order valence-electron chi connectivity index (χ3n) is 4.07. The number of thiazole rings is 1. The van der Waals surface area contributed by atoms with E-state index in [4.69, 9.17) is 0 Å². The van der Waals surface area contributed by atoms with E-state index in [1.165, 1.54) is 27.7 Å². The van der Waals surface area contributed by atoms with Crippen LogP contribution in [0.5, 0.6) is 0 Å². The highest BCUT2D eigenvalue weighted by Gasteiger charge is 2.21. The van der Waals surface area contributed by atoms with Crippen molar-refractivity contribution in [3.05, 3.63) is 83.0 Å². The Labute approximate surface area is 139 Å². The van der Waals surface area contributed by atoms with Gasteiger partial charge in [-0.05, 0) is 18.6 Å². The second-order valence-corrected chi connectivity index (χ2v) is 6.43. The molecule has 114 valence electrons. The molecule has 4 heteroatoms. The number of rotatable bonds is 4. The number of nitrogens with one attached hydrogen (secondary N) is 2. The van der Waals surface area contributed by atoms with Crippen LogP contribution in [0.4, 0.5) is 5.13 Å². The van der Waals surface area contributed by atoms with Crippen LogP contribution in [0, 0.1) is 6.92 Å². The zero-order chi connectivity index (χ0) is 15.6. The van der Waals surface area contributed by atoms with Crippen molar-refractivity contribution in [1.82, 2.24) is 9.97 Å². The number of para-hydroxylation sites is 1. The predicted octanol–water partition coefficient (Wildman–Crippen LogP) is 5.13. The summed E-state index contributed by atoms with van der Waals surface area (Å²) < 4.78 is 0. The molecule has 0 aliphatic rings. The summed E-state index contributed by atoms with van der Waals surface area (Å²) >= 11 is 1.62. The Hall–Kier alpha value is -2.59. The fourth-order valence-corrected chi connectivity index (χ4v) is 3.61. The maximum absolute atomic E-state index is 4.40. The molecule has 0 saturated heterocycles. The largest absolute Gasteiger partial charge is 0.358 e. The summed E-state index contributed by atoms with van der Waals surface area (Å²) in [5.74, 6) is 0. The van der Waals surface area contributed by atoms with Crippen LogP contribution in [0.3, 0.4) is 0 Å². The zero-order valence-corrected chi connectivity index (χ0v) is 13.6. The van der Waals surface area contributed by atoms with Crippen LogP contribution in [-0.4, -0.2) is 9.97 Å². The Morgan fingerprint density at radius 3 is 2.61 bits per heavy atom. The standard InChI is InChI=1S/C19H17N3S/c1-13-17(15-9-5-6-10-16(15)21-13)18(14-7-3-2-4-8-14)22-19-20-11-12-23-19/h2-12,18,21H,1H3,(H,20,22). The molecule has 4 aromatic rings. The number of fused-ring (bicyclic) bond motifs is 1. The second-order valence-electron chi connectivity index (χ2n) is 5.53. The molecule has 0 fully saturated rings. The number of aromatic nitrogens is 2. The van der Waals surface area contributed by atoms with Gasteiger partial charge in [-0.15, -0.1) is 11.3 Å². The monoisotopic (exact) mass is 319 g/mol. The Morgan fingerprint density at radius 2 is 1.83 bits per heavy atom. The number of aromatic amines is 1. The van der Waals surface area contributed by atoms with Crippen molar-refractivity contribution in [2.24, 2.45) is 0 Å². The van der Waals surface area contributed by atoms with Gasteiger partial charge in [0.1, 0.15) is 0 Å². The summed E-state index contributed by atoms with van der Waals surface area (Å²) in [6.07, 6.45) is 1.83. The van der Waals surface area contributed by atoms with Crippen molar-refractivity contribution in [2.45, 2.75) is 13.0 Å². The minimum absolute atomic E-state index is 0.0681. The van der Waals surface area contributed by atoms with Gasteiger partial charge in [-0.25, -0.2) is 4.98 Å². The first kappa shape index (κ1) is 14.0. The number of aryl methyl sites for hydroxylation is 1. The lowest BCUT2D eigenvalue weighted by Gasteiger charge is -2.20. The fourth-order valence-electron chi connectivity index (χ4n) is 3.06. The molecule has 1 unspecified atom stereocenters. The molecule has 2 heterocycles. The van der Waals surface area contributed by atoms with Crippen molar-refractivity contribution in [2.75, 3.05) is 5.32 Å². The van der Waals surface area contributed by atoms with Gasteiger partial charge < -0.3 is 10.3 Å². The Balaban J connectivity index is 1.88. The molecule has 4 rings (SSSR count). The van der Waals surface area contributed by atoms with E-state index in [-0.39, 0.29) is 6.04 Å². The number of H-pyrrole nitrogens is 1. The number of nitrogens with zero attached hydrogens (tertiary/aromatic N) is 1. The molecular weight excluding hydrogens is 302 g/mol. The number of hydrogen-bond donors (Lipinski definition) is 2. The summed E-state index contributed by atoms with van der Waals surface area (Å²) in [6.45, 7) is 2.13. The highest BCUT2D eigenvalue weighted by molar-refractivity contribution is 7.13. The van der Waals surface area contributed by atoms with Gasteiger partial charge in [0.25, 0.3) is 0 Å². The first-order valence-electron chi connectivity index (χ1n) is 7.61. The third-order valence-corrected chi connectivity index (χ3v) is 4.77. The first-order chi connectivity index (χ1) is 11.3.